The van der Waals surface area contributed by atoms with Crippen LogP contribution in [-0.4, -0.2) is 47.3 Å². The number of alkyl carbamates (subject to hydrolysis) is 1. The molecule has 3 aromatic rings. The molecule has 0 unspecified atom stereocenters. The van der Waals surface area contributed by atoms with E-state index in [0.717, 1.165) is 11.1 Å². The van der Waals surface area contributed by atoms with E-state index in [-0.39, 0.29) is 24.1 Å². The fraction of sp³-hybridized carbons (Fsp3) is 0.308. The number of hydrogen-bond donors (Lipinski definition) is 3. The molecule has 1 aliphatic rings. The molecule has 0 saturated heterocycles. The van der Waals surface area contributed by atoms with Crippen LogP contribution in [0, 0.1) is 5.92 Å². The summed E-state index contributed by atoms with van der Waals surface area (Å²) < 4.78 is 5.52. The summed E-state index contributed by atoms with van der Waals surface area (Å²) in [5, 5.41) is 16.7. The van der Waals surface area contributed by atoms with Gasteiger partial charge in [0.25, 0.3) is 5.91 Å². The minimum absolute atomic E-state index is 0.00588. The maximum atomic E-state index is 12.3. The molecule has 0 aliphatic heterocycles. The summed E-state index contributed by atoms with van der Waals surface area (Å²) in [6.07, 6.45) is -0.0862. The standard InChI is InChI=1S/C26H27N3O5S/c1-15(2)23(25(31)32)29-24(30)21-14-35-22(28-21)11-12-27-26(33)34-13-20-18-9-5-3-7-16(18)17-8-4-6-10-19(17)20/h3-10,14-15,20,23H,11-13H2,1-2H3,(H,27,33)(H,29,30)(H,31,32)/t23-/m1/s1. The lowest BCUT2D eigenvalue weighted by Crippen LogP contribution is -2.44. The molecule has 2 aromatic carbocycles. The van der Waals surface area contributed by atoms with Crippen LogP contribution in [0.1, 0.15) is 46.4 Å². The number of aliphatic carboxylic acids is 1. The van der Waals surface area contributed by atoms with Gasteiger partial charge in [0.2, 0.25) is 0 Å². The Morgan fingerprint density at radius 1 is 1.06 bits per heavy atom. The van der Waals surface area contributed by atoms with E-state index in [0.29, 0.717) is 18.0 Å². The minimum atomic E-state index is -1.09. The molecule has 2 amide bonds. The van der Waals surface area contributed by atoms with Gasteiger partial charge in [0.15, 0.2) is 0 Å². The summed E-state index contributed by atoms with van der Waals surface area (Å²) in [5.41, 5.74) is 4.81. The lowest BCUT2D eigenvalue weighted by molar-refractivity contribution is -0.140. The van der Waals surface area contributed by atoms with Gasteiger partial charge in [0, 0.05) is 24.3 Å². The molecule has 182 valence electrons. The highest BCUT2D eigenvalue weighted by Crippen LogP contribution is 2.44. The maximum Gasteiger partial charge on any atom is 0.407 e. The summed E-state index contributed by atoms with van der Waals surface area (Å²) in [5.74, 6) is -1.88. The lowest BCUT2D eigenvalue weighted by atomic mass is 9.98. The average molecular weight is 494 g/mol. The minimum Gasteiger partial charge on any atom is -0.480 e. The van der Waals surface area contributed by atoms with E-state index in [2.05, 4.69) is 39.9 Å². The Hall–Kier alpha value is -3.72. The van der Waals surface area contributed by atoms with Gasteiger partial charge in [-0.3, -0.25) is 4.79 Å². The Kier molecular flexibility index (Phi) is 7.45. The van der Waals surface area contributed by atoms with Gasteiger partial charge >= 0.3 is 12.1 Å². The van der Waals surface area contributed by atoms with Crippen molar-refractivity contribution in [3.05, 3.63) is 75.7 Å². The number of hydrogen-bond acceptors (Lipinski definition) is 6. The summed E-state index contributed by atoms with van der Waals surface area (Å²) in [7, 11) is 0. The highest BCUT2D eigenvalue weighted by Gasteiger charge is 2.29. The van der Waals surface area contributed by atoms with Crippen molar-refractivity contribution in [1.82, 2.24) is 15.6 Å². The fourth-order valence-corrected chi connectivity index (χ4v) is 4.96. The number of ether oxygens (including phenoxy) is 1. The molecule has 3 N–H and O–H groups in total. The number of aromatic nitrogens is 1. The summed E-state index contributed by atoms with van der Waals surface area (Å²) in [6, 6.07) is 15.3. The van der Waals surface area contributed by atoms with E-state index >= 15 is 0 Å². The van der Waals surface area contributed by atoms with Crippen molar-refractivity contribution in [3.8, 4) is 11.1 Å². The number of thiazole rings is 1. The first-order valence-electron chi connectivity index (χ1n) is 11.4. The molecule has 8 nitrogen and oxygen atoms in total. The summed E-state index contributed by atoms with van der Waals surface area (Å²) in [6.45, 7) is 3.98. The van der Waals surface area contributed by atoms with E-state index in [1.165, 1.54) is 22.5 Å². The number of carbonyl (C=O) groups is 3. The molecular weight excluding hydrogens is 466 g/mol. The van der Waals surface area contributed by atoms with Crippen molar-refractivity contribution in [2.24, 2.45) is 5.92 Å². The second-order valence-electron chi connectivity index (χ2n) is 8.66. The summed E-state index contributed by atoms with van der Waals surface area (Å²) in [4.78, 5) is 40.2. The Balaban J connectivity index is 1.26. The van der Waals surface area contributed by atoms with Crippen LogP contribution in [0.5, 0.6) is 0 Å². The molecule has 1 atom stereocenters. The Labute approximate surface area is 207 Å². The largest absolute Gasteiger partial charge is 0.480 e. The third kappa shape index (κ3) is 5.51. The highest BCUT2D eigenvalue weighted by atomic mass is 32.1. The molecule has 35 heavy (non-hydrogen) atoms. The number of benzene rings is 2. The van der Waals surface area contributed by atoms with Gasteiger partial charge in [-0.2, -0.15) is 0 Å². The molecule has 1 aromatic heterocycles. The SMILES string of the molecule is CC(C)[C@@H](NC(=O)c1csc(CCNC(=O)OCC2c3ccccc3-c3ccccc32)n1)C(=O)O. The average Bonchev–Trinajstić information content (AvgIpc) is 3.44. The van der Waals surface area contributed by atoms with E-state index in [1.54, 1.807) is 19.2 Å². The van der Waals surface area contributed by atoms with Crippen molar-refractivity contribution >= 4 is 29.3 Å². The Bertz CT molecular complexity index is 1190. The van der Waals surface area contributed by atoms with Crippen LogP contribution in [0.4, 0.5) is 4.79 Å². The Morgan fingerprint density at radius 3 is 2.29 bits per heavy atom. The predicted octanol–water partition coefficient (Wildman–Crippen LogP) is 4.06. The van der Waals surface area contributed by atoms with E-state index < -0.39 is 24.0 Å². The number of nitrogens with zero attached hydrogens (tertiary/aromatic N) is 1. The lowest BCUT2D eigenvalue weighted by Gasteiger charge is -2.16. The van der Waals surface area contributed by atoms with Crippen molar-refractivity contribution in [2.75, 3.05) is 13.2 Å². The van der Waals surface area contributed by atoms with Crippen molar-refractivity contribution in [1.29, 1.82) is 0 Å². The molecule has 1 aliphatic carbocycles. The van der Waals surface area contributed by atoms with Crippen LogP contribution in [-0.2, 0) is 16.0 Å². The first-order chi connectivity index (χ1) is 16.8. The zero-order chi connectivity index (χ0) is 24.9. The number of carboxylic acids is 1. The van der Waals surface area contributed by atoms with Gasteiger partial charge in [-0.1, -0.05) is 62.4 Å². The molecule has 0 radical (unpaired) electrons. The molecule has 1 heterocycles. The fourth-order valence-electron chi connectivity index (χ4n) is 4.18. The van der Waals surface area contributed by atoms with Crippen molar-refractivity contribution in [2.45, 2.75) is 32.2 Å². The predicted molar refractivity (Wildman–Crippen MR) is 133 cm³/mol. The van der Waals surface area contributed by atoms with Crippen molar-refractivity contribution < 1.29 is 24.2 Å². The third-order valence-corrected chi connectivity index (χ3v) is 6.86. The van der Waals surface area contributed by atoms with Gasteiger partial charge in [0.1, 0.15) is 18.3 Å². The molecular formula is C26H27N3O5S. The number of rotatable bonds is 9. The molecule has 0 fully saturated rings. The van der Waals surface area contributed by atoms with Gasteiger partial charge in [0.05, 0.1) is 5.01 Å². The van der Waals surface area contributed by atoms with E-state index in [9.17, 15) is 19.5 Å². The first-order valence-corrected chi connectivity index (χ1v) is 12.3. The highest BCUT2D eigenvalue weighted by molar-refractivity contribution is 7.09. The Morgan fingerprint density at radius 2 is 1.69 bits per heavy atom. The van der Waals surface area contributed by atoms with Crippen molar-refractivity contribution in [3.63, 3.8) is 0 Å². The number of fused-ring (bicyclic) bond motifs is 3. The molecule has 9 heteroatoms. The van der Waals surface area contributed by atoms with Crippen LogP contribution in [0.2, 0.25) is 0 Å². The third-order valence-electron chi connectivity index (χ3n) is 5.96. The molecule has 4 rings (SSSR count). The number of nitrogens with one attached hydrogen (secondary N) is 2. The van der Waals surface area contributed by atoms with Gasteiger partial charge in [-0.15, -0.1) is 11.3 Å². The summed E-state index contributed by atoms with van der Waals surface area (Å²) >= 11 is 1.28. The molecule has 0 spiro atoms. The topological polar surface area (TPSA) is 118 Å². The van der Waals surface area contributed by atoms with E-state index in [1.807, 2.05) is 24.3 Å². The normalized spacial score (nSPS) is 13.1. The van der Waals surface area contributed by atoms with E-state index in [4.69, 9.17) is 4.74 Å². The molecule has 0 bridgehead atoms. The molecule has 0 saturated carbocycles. The second kappa shape index (κ2) is 10.7. The van der Waals surface area contributed by atoms with Gasteiger partial charge in [-0.25, -0.2) is 14.6 Å². The van der Waals surface area contributed by atoms with Crippen LogP contribution in [0.25, 0.3) is 11.1 Å². The first kappa shape index (κ1) is 24.4. The number of carboxylic acid groups (broad SMARTS) is 1. The van der Waals surface area contributed by atoms with Gasteiger partial charge in [-0.05, 0) is 28.2 Å². The van der Waals surface area contributed by atoms with Crippen LogP contribution in [0.3, 0.4) is 0 Å². The van der Waals surface area contributed by atoms with Crippen LogP contribution >= 0.6 is 11.3 Å². The monoisotopic (exact) mass is 493 g/mol. The number of amides is 2. The quantitative estimate of drug-likeness (QED) is 0.414. The van der Waals surface area contributed by atoms with Crippen LogP contribution < -0.4 is 10.6 Å². The van der Waals surface area contributed by atoms with Gasteiger partial charge < -0.3 is 20.5 Å². The zero-order valence-corrected chi connectivity index (χ0v) is 20.3. The number of carbonyl (C=O) groups excluding carboxylic acids is 2. The zero-order valence-electron chi connectivity index (χ0n) is 19.5. The van der Waals surface area contributed by atoms with Crippen LogP contribution in [0.15, 0.2) is 53.9 Å². The maximum absolute atomic E-state index is 12.3. The second-order valence-corrected chi connectivity index (χ2v) is 9.60. The smallest absolute Gasteiger partial charge is 0.407 e.